The zero-order valence-electron chi connectivity index (χ0n) is 5.89. The molecular weight excluding hydrogens is 167 g/mol. The average molecular weight is 171 g/mol. The van der Waals surface area contributed by atoms with Crippen molar-refractivity contribution in [2.24, 2.45) is 0 Å². The lowest BCUT2D eigenvalue weighted by Crippen LogP contribution is -2.01. The second-order valence-electron chi connectivity index (χ2n) is 1.99. The molecule has 0 fully saturated rings. The van der Waals surface area contributed by atoms with Gasteiger partial charge in [0.1, 0.15) is 0 Å². The maximum absolute atomic E-state index is 11.5. The number of rotatable bonds is 0. The molecular formula is C8H4F3N. The minimum absolute atomic E-state index is 0.259. The fourth-order valence-corrected chi connectivity index (χ4v) is 0.580. The predicted octanol–water partition coefficient (Wildman–Crippen LogP) is 2.00. The van der Waals surface area contributed by atoms with Gasteiger partial charge >= 0.3 is 6.18 Å². The summed E-state index contributed by atoms with van der Waals surface area (Å²) in [5.74, 6) is 3.10. The zero-order valence-corrected chi connectivity index (χ0v) is 5.89. The molecule has 1 aromatic heterocycles. The van der Waals surface area contributed by atoms with E-state index in [2.05, 4.69) is 4.98 Å². The molecule has 62 valence electrons. The molecule has 1 rings (SSSR count). The minimum atomic E-state index is -4.43. The molecule has 0 saturated carbocycles. The molecule has 0 bridgehead atoms. The lowest BCUT2D eigenvalue weighted by atomic mass is 10.3. The fraction of sp³-hybridized carbons (Fsp3) is 0.125. The number of hydrogen-bond donors (Lipinski definition) is 0. The van der Waals surface area contributed by atoms with Gasteiger partial charge in [-0.3, -0.25) is 4.98 Å². The summed E-state index contributed by atoms with van der Waals surface area (Å²) in [7, 11) is 0. The summed E-state index contributed by atoms with van der Waals surface area (Å²) in [5, 5.41) is 0. The summed E-state index contributed by atoms with van der Waals surface area (Å²) in [6, 6.07) is 2.99. The highest BCUT2D eigenvalue weighted by Gasteiger charge is 2.22. The Kier molecular flexibility index (Phi) is 2.34. The van der Waals surface area contributed by atoms with Crippen molar-refractivity contribution >= 4 is 0 Å². The van der Waals surface area contributed by atoms with Gasteiger partial charge in [-0.25, -0.2) is 0 Å². The molecule has 0 radical (unpaired) electrons. The van der Waals surface area contributed by atoms with Crippen molar-refractivity contribution in [2.75, 3.05) is 0 Å². The molecule has 0 unspecified atom stereocenters. The van der Waals surface area contributed by atoms with Gasteiger partial charge in [-0.1, -0.05) is 5.92 Å². The molecule has 0 atom stereocenters. The van der Waals surface area contributed by atoms with E-state index in [-0.39, 0.29) is 5.56 Å². The van der Waals surface area contributed by atoms with Gasteiger partial charge in [0, 0.05) is 23.9 Å². The highest BCUT2D eigenvalue weighted by atomic mass is 19.4. The third-order valence-corrected chi connectivity index (χ3v) is 1.01. The van der Waals surface area contributed by atoms with Crippen LogP contribution in [0.25, 0.3) is 0 Å². The van der Waals surface area contributed by atoms with Crippen LogP contribution in [0.4, 0.5) is 13.2 Å². The quantitative estimate of drug-likeness (QED) is 0.544. The number of hydrogen-bond acceptors (Lipinski definition) is 1. The Labute approximate surface area is 67.2 Å². The second-order valence-corrected chi connectivity index (χ2v) is 1.99. The summed E-state index contributed by atoms with van der Waals surface area (Å²) in [6.07, 6.45) is -1.69. The van der Waals surface area contributed by atoms with Crippen LogP contribution in [0.3, 0.4) is 0 Å². The summed E-state index contributed by atoms with van der Waals surface area (Å²) in [6.45, 7) is 0. The molecule has 0 amide bonds. The van der Waals surface area contributed by atoms with Crippen LogP contribution in [-0.2, 0) is 0 Å². The molecule has 0 saturated heterocycles. The first-order valence-corrected chi connectivity index (χ1v) is 3.08. The maximum atomic E-state index is 11.5. The van der Waals surface area contributed by atoms with Crippen molar-refractivity contribution in [1.82, 2.24) is 4.98 Å². The largest absolute Gasteiger partial charge is 0.458 e. The van der Waals surface area contributed by atoms with E-state index < -0.39 is 6.18 Å². The van der Waals surface area contributed by atoms with Crippen LogP contribution in [0.15, 0.2) is 24.5 Å². The van der Waals surface area contributed by atoms with Crippen LogP contribution in [0.1, 0.15) is 5.56 Å². The molecule has 1 heterocycles. The SMILES string of the molecule is FC(F)(F)C#Cc1cccnc1. The summed E-state index contributed by atoms with van der Waals surface area (Å²) in [4.78, 5) is 3.62. The standard InChI is InChI=1S/C8H4F3N/c9-8(10,11)4-3-7-2-1-5-12-6-7/h1-2,5-6H. The molecule has 12 heavy (non-hydrogen) atoms. The lowest BCUT2D eigenvalue weighted by Gasteiger charge is -1.91. The van der Waals surface area contributed by atoms with Gasteiger partial charge in [0.25, 0.3) is 0 Å². The summed E-state index contributed by atoms with van der Waals surface area (Å²) in [5.41, 5.74) is 0.259. The van der Waals surface area contributed by atoms with Gasteiger partial charge in [0.15, 0.2) is 0 Å². The van der Waals surface area contributed by atoms with Crippen LogP contribution in [0.2, 0.25) is 0 Å². The lowest BCUT2D eigenvalue weighted by molar-refractivity contribution is -0.0696. The molecule has 0 aromatic carbocycles. The van der Waals surface area contributed by atoms with Crippen molar-refractivity contribution in [1.29, 1.82) is 0 Å². The molecule has 0 aliphatic heterocycles. The van der Waals surface area contributed by atoms with Crippen LogP contribution in [0, 0.1) is 11.8 Å². The Morgan fingerprint density at radius 2 is 2.08 bits per heavy atom. The van der Waals surface area contributed by atoms with E-state index in [1.54, 1.807) is 0 Å². The average Bonchev–Trinajstić information content (AvgIpc) is 2.02. The Morgan fingerprint density at radius 3 is 2.58 bits per heavy atom. The smallest absolute Gasteiger partial charge is 0.263 e. The molecule has 4 heteroatoms. The highest BCUT2D eigenvalue weighted by molar-refractivity contribution is 5.32. The van der Waals surface area contributed by atoms with Gasteiger partial charge in [0.2, 0.25) is 0 Å². The van der Waals surface area contributed by atoms with Crippen molar-refractivity contribution in [2.45, 2.75) is 6.18 Å². The van der Waals surface area contributed by atoms with Crippen LogP contribution < -0.4 is 0 Å². The Balaban J connectivity index is 2.81. The fourth-order valence-electron chi connectivity index (χ4n) is 0.580. The number of aromatic nitrogens is 1. The summed E-state index contributed by atoms with van der Waals surface area (Å²) >= 11 is 0. The molecule has 1 nitrogen and oxygen atoms in total. The first kappa shape index (κ1) is 8.60. The Bertz CT molecular complexity index is 305. The van der Waals surface area contributed by atoms with Gasteiger partial charge in [-0.15, -0.1) is 0 Å². The third kappa shape index (κ3) is 3.06. The highest BCUT2D eigenvalue weighted by Crippen LogP contribution is 2.12. The minimum Gasteiger partial charge on any atom is -0.263 e. The van der Waals surface area contributed by atoms with Crippen molar-refractivity contribution in [3.8, 4) is 11.8 Å². The third-order valence-electron chi connectivity index (χ3n) is 1.01. The Hall–Kier alpha value is -1.50. The van der Waals surface area contributed by atoms with Gasteiger partial charge in [-0.05, 0) is 12.1 Å². The van der Waals surface area contributed by atoms with E-state index >= 15 is 0 Å². The molecule has 0 N–H and O–H groups in total. The second kappa shape index (κ2) is 3.26. The molecule has 0 aliphatic carbocycles. The van der Waals surface area contributed by atoms with Crippen LogP contribution in [-0.4, -0.2) is 11.2 Å². The summed E-state index contributed by atoms with van der Waals surface area (Å²) < 4.78 is 34.6. The van der Waals surface area contributed by atoms with Crippen molar-refractivity contribution < 1.29 is 13.2 Å². The van der Waals surface area contributed by atoms with Crippen molar-refractivity contribution in [3.63, 3.8) is 0 Å². The van der Waals surface area contributed by atoms with E-state index in [1.807, 2.05) is 5.92 Å². The van der Waals surface area contributed by atoms with Crippen LogP contribution in [0.5, 0.6) is 0 Å². The number of alkyl halides is 3. The van der Waals surface area contributed by atoms with E-state index in [0.29, 0.717) is 0 Å². The first-order valence-electron chi connectivity index (χ1n) is 3.08. The van der Waals surface area contributed by atoms with E-state index in [0.717, 1.165) is 5.92 Å². The monoisotopic (exact) mass is 171 g/mol. The van der Waals surface area contributed by atoms with E-state index in [1.165, 1.54) is 24.5 Å². The number of pyridine rings is 1. The van der Waals surface area contributed by atoms with Crippen LogP contribution >= 0.6 is 0 Å². The molecule has 0 spiro atoms. The maximum Gasteiger partial charge on any atom is 0.458 e. The molecule has 0 aliphatic rings. The topological polar surface area (TPSA) is 12.9 Å². The van der Waals surface area contributed by atoms with E-state index in [9.17, 15) is 13.2 Å². The predicted molar refractivity (Wildman–Crippen MR) is 37.2 cm³/mol. The zero-order chi connectivity index (χ0) is 9.03. The Morgan fingerprint density at radius 1 is 1.33 bits per heavy atom. The number of nitrogens with zero attached hydrogens (tertiary/aromatic N) is 1. The van der Waals surface area contributed by atoms with Gasteiger partial charge in [0.05, 0.1) is 0 Å². The van der Waals surface area contributed by atoms with Crippen molar-refractivity contribution in [3.05, 3.63) is 30.1 Å². The first-order chi connectivity index (χ1) is 5.58. The van der Waals surface area contributed by atoms with E-state index in [4.69, 9.17) is 0 Å². The molecule has 1 aromatic rings. The van der Waals surface area contributed by atoms with Gasteiger partial charge < -0.3 is 0 Å². The normalized spacial score (nSPS) is 10.2. The van der Waals surface area contributed by atoms with Gasteiger partial charge in [-0.2, -0.15) is 13.2 Å². The number of halogens is 3.